The largest absolute Gasteiger partial charge is 0.398 e. The summed E-state index contributed by atoms with van der Waals surface area (Å²) in [6.45, 7) is 1.65. The van der Waals surface area contributed by atoms with Gasteiger partial charge in [-0.1, -0.05) is 15.9 Å². The number of sulfonamides is 1. The van der Waals surface area contributed by atoms with Crippen LogP contribution in [-0.2, 0) is 14.8 Å². The number of rotatable bonds is 4. The molecule has 1 heterocycles. The Labute approximate surface area is 129 Å². The monoisotopic (exact) mass is 412 g/mol. The first-order valence-corrected chi connectivity index (χ1v) is 8.79. The Morgan fingerprint density at radius 3 is 2.74 bits per heavy atom. The number of ether oxygens (including phenoxy) is 1. The van der Waals surface area contributed by atoms with Crippen LogP contribution in [-0.4, -0.2) is 28.2 Å². The third kappa shape index (κ3) is 3.69. The summed E-state index contributed by atoms with van der Waals surface area (Å²) in [6, 6.07) is 3.22. The van der Waals surface area contributed by atoms with Crippen LogP contribution in [0.5, 0.6) is 0 Å². The van der Waals surface area contributed by atoms with Crippen molar-refractivity contribution in [2.75, 3.05) is 25.5 Å². The normalized spacial score (nSPS) is 19.8. The van der Waals surface area contributed by atoms with Crippen LogP contribution in [0.15, 0.2) is 26.0 Å². The Bertz CT molecular complexity index is 548. The van der Waals surface area contributed by atoms with E-state index < -0.39 is 10.0 Å². The van der Waals surface area contributed by atoms with Gasteiger partial charge in [0.2, 0.25) is 10.0 Å². The summed E-state index contributed by atoms with van der Waals surface area (Å²) < 4.78 is 33.5. The zero-order chi connectivity index (χ0) is 14.0. The van der Waals surface area contributed by atoms with E-state index in [1.807, 2.05) is 0 Å². The molecule has 5 nitrogen and oxygen atoms in total. The second-order valence-corrected chi connectivity index (χ2v) is 7.86. The fraction of sp³-hybridized carbons (Fsp3) is 0.455. The van der Waals surface area contributed by atoms with Gasteiger partial charge in [-0.25, -0.2) is 13.1 Å². The molecule has 0 aromatic heterocycles. The van der Waals surface area contributed by atoms with E-state index in [1.54, 1.807) is 12.1 Å². The molecule has 19 heavy (non-hydrogen) atoms. The van der Waals surface area contributed by atoms with Crippen LogP contribution < -0.4 is 10.5 Å². The van der Waals surface area contributed by atoms with Gasteiger partial charge in [0, 0.05) is 22.1 Å². The van der Waals surface area contributed by atoms with Crippen molar-refractivity contribution in [2.24, 2.45) is 5.92 Å². The molecule has 1 unspecified atom stereocenters. The van der Waals surface area contributed by atoms with Crippen molar-refractivity contribution in [3.05, 3.63) is 21.1 Å². The minimum Gasteiger partial charge on any atom is -0.398 e. The molecule has 8 heteroatoms. The van der Waals surface area contributed by atoms with E-state index in [1.165, 1.54) is 0 Å². The molecule has 1 atom stereocenters. The standard InChI is InChI=1S/C11H14Br2N2O3S/c12-8-3-9(13)11(10(14)4-8)19(16,17)15-5-7-1-2-18-6-7/h3-4,7,15H,1-2,5-6,14H2. The Kier molecular flexibility index (Phi) is 4.88. The van der Waals surface area contributed by atoms with Gasteiger partial charge in [0.1, 0.15) is 4.90 Å². The van der Waals surface area contributed by atoms with Gasteiger partial charge in [-0.15, -0.1) is 0 Å². The first-order valence-electron chi connectivity index (χ1n) is 5.72. The summed E-state index contributed by atoms with van der Waals surface area (Å²) in [5.41, 5.74) is 5.99. The Hall–Kier alpha value is -0.150. The van der Waals surface area contributed by atoms with Crippen molar-refractivity contribution < 1.29 is 13.2 Å². The number of nitrogens with one attached hydrogen (secondary N) is 1. The van der Waals surface area contributed by atoms with Crippen LogP contribution in [0, 0.1) is 5.92 Å². The third-order valence-corrected chi connectivity index (χ3v) is 5.78. The van der Waals surface area contributed by atoms with Gasteiger partial charge >= 0.3 is 0 Å². The van der Waals surface area contributed by atoms with Gasteiger partial charge in [-0.05, 0) is 40.4 Å². The Morgan fingerprint density at radius 2 is 2.16 bits per heavy atom. The molecule has 0 saturated carbocycles. The highest BCUT2D eigenvalue weighted by Gasteiger charge is 2.24. The fourth-order valence-corrected chi connectivity index (χ4v) is 5.09. The molecule has 1 saturated heterocycles. The number of anilines is 1. The SMILES string of the molecule is Nc1cc(Br)cc(Br)c1S(=O)(=O)NCC1CCOC1. The first kappa shape index (κ1) is 15.2. The number of halogens is 2. The maximum atomic E-state index is 12.3. The van der Waals surface area contributed by atoms with Crippen molar-refractivity contribution in [1.82, 2.24) is 4.72 Å². The molecule has 0 aliphatic carbocycles. The fourth-order valence-electron chi connectivity index (χ4n) is 1.91. The van der Waals surface area contributed by atoms with Crippen LogP contribution in [0.2, 0.25) is 0 Å². The van der Waals surface area contributed by atoms with Crippen molar-refractivity contribution in [1.29, 1.82) is 0 Å². The lowest BCUT2D eigenvalue weighted by Gasteiger charge is -2.13. The third-order valence-electron chi connectivity index (χ3n) is 2.89. The summed E-state index contributed by atoms with van der Waals surface area (Å²) in [6.07, 6.45) is 0.875. The summed E-state index contributed by atoms with van der Waals surface area (Å²) in [7, 11) is -3.62. The average molecular weight is 414 g/mol. The predicted molar refractivity (Wildman–Crippen MR) is 80.4 cm³/mol. The van der Waals surface area contributed by atoms with Gasteiger partial charge in [0.05, 0.1) is 12.3 Å². The van der Waals surface area contributed by atoms with Crippen molar-refractivity contribution in [2.45, 2.75) is 11.3 Å². The van der Waals surface area contributed by atoms with E-state index in [-0.39, 0.29) is 16.5 Å². The number of nitrogen functional groups attached to an aromatic ring is 1. The van der Waals surface area contributed by atoms with Crippen LogP contribution in [0.1, 0.15) is 6.42 Å². The van der Waals surface area contributed by atoms with Gasteiger partial charge in [-0.3, -0.25) is 0 Å². The average Bonchev–Trinajstić information content (AvgIpc) is 2.77. The summed E-state index contributed by atoms with van der Waals surface area (Å²) in [5.74, 6) is 0.227. The number of hydrogen-bond donors (Lipinski definition) is 2. The van der Waals surface area contributed by atoms with Crippen LogP contribution in [0.4, 0.5) is 5.69 Å². The maximum Gasteiger partial charge on any atom is 0.243 e. The van der Waals surface area contributed by atoms with Gasteiger partial charge in [0.15, 0.2) is 0 Å². The highest BCUT2D eigenvalue weighted by Crippen LogP contribution is 2.31. The lowest BCUT2D eigenvalue weighted by atomic mass is 10.1. The topological polar surface area (TPSA) is 81.4 Å². The van der Waals surface area contributed by atoms with Crippen molar-refractivity contribution >= 4 is 47.6 Å². The number of benzene rings is 1. The highest BCUT2D eigenvalue weighted by atomic mass is 79.9. The summed E-state index contributed by atoms with van der Waals surface area (Å²) in [5, 5.41) is 0. The molecule has 0 amide bonds. The Morgan fingerprint density at radius 1 is 1.42 bits per heavy atom. The number of nitrogens with two attached hydrogens (primary N) is 1. The molecule has 1 aliphatic rings. The van der Waals surface area contributed by atoms with E-state index in [0.717, 1.165) is 10.9 Å². The molecular weight excluding hydrogens is 400 g/mol. The molecule has 1 aromatic carbocycles. The molecule has 106 valence electrons. The molecule has 0 bridgehead atoms. The second-order valence-electron chi connectivity index (χ2n) is 4.39. The molecule has 1 aromatic rings. The zero-order valence-corrected chi connectivity index (χ0v) is 14.0. The van der Waals surface area contributed by atoms with E-state index in [4.69, 9.17) is 10.5 Å². The van der Waals surface area contributed by atoms with Crippen LogP contribution >= 0.6 is 31.9 Å². The van der Waals surface area contributed by atoms with Gasteiger partial charge < -0.3 is 10.5 Å². The van der Waals surface area contributed by atoms with Crippen LogP contribution in [0.25, 0.3) is 0 Å². The molecular formula is C11H14Br2N2O3S. The van der Waals surface area contributed by atoms with Gasteiger partial charge in [-0.2, -0.15) is 0 Å². The lowest BCUT2D eigenvalue weighted by Crippen LogP contribution is -2.30. The molecule has 3 N–H and O–H groups in total. The minimum atomic E-state index is -3.62. The Balaban J connectivity index is 2.19. The predicted octanol–water partition coefficient (Wildman–Crippen LogP) is 2.11. The van der Waals surface area contributed by atoms with Crippen molar-refractivity contribution in [3.63, 3.8) is 0 Å². The maximum absolute atomic E-state index is 12.3. The molecule has 1 fully saturated rings. The minimum absolute atomic E-state index is 0.0783. The van der Waals surface area contributed by atoms with E-state index in [9.17, 15) is 8.42 Å². The zero-order valence-electron chi connectivity index (χ0n) is 10.0. The van der Waals surface area contributed by atoms with E-state index in [0.29, 0.717) is 24.2 Å². The second kappa shape index (κ2) is 6.09. The van der Waals surface area contributed by atoms with Gasteiger partial charge in [0.25, 0.3) is 0 Å². The molecule has 0 spiro atoms. The molecule has 0 radical (unpaired) electrons. The quantitative estimate of drug-likeness (QED) is 0.740. The summed E-state index contributed by atoms with van der Waals surface area (Å²) >= 11 is 6.50. The van der Waals surface area contributed by atoms with E-state index >= 15 is 0 Å². The highest BCUT2D eigenvalue weighted by molar-refractivity contribution is 9.11. The van der Waals surface area contributed by atoms with E-state index in [2.05, 4.69) is 36.6 Å². The molecule has 2 rings (SSSR count). The smallest absolute Gasteiger partial charge is 0.243 e. The first-order chi connectivity index (χ1) is 8.90. The van der Waals surface area contributed by atoms with Crippen LogP contribution in [0.3, 0.4) is 0 Å². The summed E-state index contributed by atoms with van der Waals surface area (Å²) in [4.78, 5) is 0.0783. The number of hydrogen-bond acceptors (Lipinski definition) is 4. The molecule has 1 aliphatic heterocycles. The van der Waals surface area contributed by atoms with Crippen molar-refractivity contribution in [3.8, 4) is 0 Å². The lowest BCUT2D eigenvalue weighted by molar-refractivity contribution is 0.186.